The third kappa shape index (κ3) is 2.97. The van der Waals surface area contributed by atoms with Crippen LogP contribution in [0.25, 0.3) is 10.2 Å². The molecule has 1 aliphatic carbocycles. The van der Waals surface area contributed by atoms with E-state index in [4.69, 9.17) is 15.6 Å². The maximum Gasteiger partial charge on any atom is 0.0955 e. The number of fused-ring (bicyclic) bond motifs is 1. The van der Waals surface area contributed by atoms with Crippen LogP contribution in [0.4, 0.5) is 0 Å². The summed E-state index contributed by atoms with van der Waals surface area (Å²) in [4.78, 5) is 4.73. The number of hydrogen-bond donors (Lipinski definition) is 2. The lowest BCUT2D eigenvalue weighted by atomic mass is 9.78. The van der Waals surface area contributed by atoms with Crippen molar-refractivity contribution in [2.45, 2.75) is 50.2 Å². The molecule has 1 unspecified atom stereocenters. The summed E-state index contributed by atoms with van der Waals surface area (Å²) in [5.41, 5.74) is 3.92. The van der Waals surface area contributed by atoms with Crippen molar-refractivity contribution in [2.75, 3.05) is 7.11 Å². The van der Waals surface area contributed by atoms with E-state index < -0.39 is 0 Å². The molecule has 2 aromatic rings. The van der Waals surface area contributed by atoms with Crippen LogP contribution in [-0.4, -0.2) is 23.7 Å². The number of nitrogens with one attached hydrogen (secondary N) is 1. The molecule has 1 fully saturated rings. The Hall–Kier alpha value is -1.01. The lowest BCUT2D eigenvalue weighted by Gasteiger charge is -2.42. The van der Waals surface area contributed by atoms with Gasteiger partial charge in [-0.3, -0.25) is 11.3 Å². The van der Waals surface area contributed by atoms with E-state index in [0.717, 1.165) is 29.8 Å². The molecule has 21 heavy (non-hydrogen) atoms. The van der Waals surface area contributed by atoms with Crippen LogP contribution in [0.15, 0.2) is 24.3 Å². The molecule has 0 spiro atoms. The summed E-state index contributed by atoms with van der Waals surface area (Å²) >= 11 is 1.75. The van der Waals surface area contributed by atoms with Crippen LogP contribution >= 0.6 is 11.3 Å². The summed E-state index contributed by atoms with van der Waals surface area (Å²) in [5.74, 6) is 5.85. The van der Waals surface area contributed by atoms with Crippen LogP contribution in [-0.2, 0) is 11.2 Å². The van der Waals surface area contributed by atoms with E-state index in [1.165, 1.54) is 24.0 Å². The van der Waals surface area contributed by atoms with E-state index in [-0.39, 0.29) is 11.6 Å². The second kappa shape index (κ2) is 6.40. The van der Waals surface area contributed by atoms with Crippen LogP contribution < -0.4 is 11.3 Å². The van der Waals surface area contributed by atoms with Crippen LogP contribution in [0.1, 0.15) is 37.1 Å². The Balaban J connectivity index is 1.82. The van der Waals surface area contributed by atoms with Gasteiger partial charge in [0.1, 0.15) is 0 Å². The van der Waals surface area contributed by atoms with Gasteiger partial charge in [0.25, 0.3) is 0 Å². The highest BCUT2D eigenvalue weighted by Crippen LogP contribution is 2.36. The Morgan fingerprint density at radius 2 is 2.10 bits per heavy atom. The van der Waals surface area contributed by atoms with Gasteiger partial charge in [-0.2, -0.15) is 0 Å². The fourth-order valence-corrected chi connectivity index (χ4v) is 4.44. The molecule has 5 heteroatoms. The smallest absolute Gasteiger partial charge is 0.0955 e. The lowest BCUT2D eigenvalue weighted by Crippen LogP contribution is -2.56. The lowest BCUT2D eigenvalue weighted by molar-refractivity contribution is -0.0673. The van der Waals surface area contributed by atoms with E-state index in [1.54, 1.807) is 11.3 Å². The highest BCUT2D eigenvalue weighted by Gasteiger charge is 2.40. The average molecular weight is 305 g/mol. The molecule has 1 atom stereocenters. The number of nitrogens with two attached hydrogens (primary N) is 1. The molecule has 1 aromatic heterocycles. The quantitative estimate of drug-likeness (QED) is 0.658. The number of para-hydroxylation sites is 1. The second-order valence-corrected chi connectivity index (χ2v) is 6.94. The highest BCUT2D eigenvalue weighted by atomic mass is 32.1. The molecule has 1 heterocycles. The minimum atomic E-state index is -0.148. The SMILES string of the molecule is COC1(C(Cc2nc3ccccc3s2)NN)CCCCC1. The van der Waals surface area contributed by atoms with Crippen LogP contribution in [0.2, 0.25) is 0 Å². The number of aromatic nitrogens is 1. The summed E-state index contributed by atoms with van der Waals surface area (Å²) in [6.07, 6.45) is 6.69. The number of methoxy groups -OCH3 is 1. The Morgan fingerprint density at radius 1 is 1.33 bits per heavy atom. The summed E-state index contributed by atoms with van der Waals surface area (Å²) in [6, 6.07) is 8.38. The number of thiazole rings is 1. The summed E-state index contributed by atoms with van der Waals surface area (Å²) in [5, 5.41) is 1.13. The van der Waals surface area contributed by atoms with Crippen molar-refractivity contribution in [3.05, 3.63) is 29.3 Å². The Bertz CT molecular complexity index is 559. The fourth-order valence-electron chi connectivity index (χ4n) is 3.42. The first kappa shape index (κ1) is 14.9. The molecule has 0 radical (unpaired) electrons. The number of nitrogens with zero attached hydrogens (tertiary/aromatic N) is 1. The normalized spacial score (nSPS) is 19.7. The van der Waals surface area contributed by atoms with E-state index in [2.05, 4.69) is 23.6 Å². The number of ether oxygens (including phenoxy) is 1. The topological polar surface area (TPSA) is 60.2 Å². The van der Waals surface area contributed by atoms with Gasteiger partial charge in [-0.25, -0.2) is 4.98 Å². The van der Waals surface area contributed by atoms with E-state index in [1.807, 2.05) is 13.2 Å². The predicted octanol–water partition coefficient (Wildman–Crippen LogP) is 3.02. The zero-order valence-electron chi connectivity index (χ0n) is 12.5. The molecule has 1 saturated carbocycles. The van der Waals surface area contributed by atoms with Crippen molar-refractivity contribution < 1.29 is 4.74 Å². The Morgan fingerprint density at radius 3 is 2.76 bits per heavy atom. The Kier molecular flexibility index (Phi) is 4.54. The average Bonchev–Trinajstić information content (AvgIpc) is 2.95. The van der Waals surface area contributed by atoms with Crippen molar-refractivity contribution in [1.29, 1.82) is 0 Å². The first-order chi connectivity index (χ1) is 10.3. The molecular weight excluding hydrogens is 282 g/mol. The van der Waals surface area contributed by atoms with Crippen molar-refractivity contribution in [3.63, 3.8) is 0 Å². The van der Waals surface area contributed by atoms with Gasteiger partial charge >= 0.3 is 0 Å². The molecule has 4 nitrogen and oxygen atoms in total. The second-order valence-electron chi connectivity index (χ2n) is 5.83. The number of rotatable bonds is 5. The van der Waals surface area contributed by atoms with E-state index >= 15 is 0 Å². The maximum atomic E-state index is 5.91. The third-order valence-electron chi connectivity index (χ3n) is 4.66. The van der Waals surface area contributed by atoms with Gasteiger partial charge in [0, 0.05) is 13.5 Å². The first-order valence-electron chi connectivity index (χ1n) is 7.63. The fraction of sp³-hybridized carbons (Fsp3) is 0.562. The van der Waals surface area contributed by atoms with Crippen LogP contribution in [0.5, 0.6) is 0 Å². The number of benzene rings is 1. The molecule has 3 rings (SSSR count). The van der Waals surface area contributed by atoms with Gasteiger partial charge in [-0.1, -0.05) is 31.4 Å². The largest absolute Gasteiger partial charge is 0.377 e. The summed E-state index contributed by atoms with van der Waals surface area (Å²) in [6.45, 7) is 0. The summed E-state index contributed by atoms with van der Waals surface area (Å²) in [7, 11) is 1.81. The molecule has 0 amide bonds. The number of hydrogen-bond acceptors (Lipinski definition) is 5. The molecule has 0 saturated heterocycles. The highest BCUT2D eigenvalue weighted by molar-refractivity contribution is 7.18. The standard InChI is InChI=1S/C16H23N3OS/c1-20-16(9-5-2-6-10-16)14(19-17)11-15-18-12-7-3-4-8-13(12)21-15/h3-4,7-8,14,19H,2,5-6,9-11,17H2,1H3. The zero-order chi connectivity index (χ0) is 14.7. The molecule has 114 valence electrons. The van der Waals surface area contributed by atoms with Crippen LogP contribution in [0.3, 0.4) is 0 Å². The van der Waals surface area contributed by atoms with Crippen molar-refractivity contribution in [3.8, 4) is 0 Å². The van der Waals surface area contributed by atoms with Gasteiger partial charge in [0.15, 0.2) is 0 Å². The van der Waals surface area contributed by atoms with Crippen molar-refractivity contribution >= 4 is 21.6 Å². The van der Waals surface area contributed by atoms with Crippen molar-refractivity contribution in [1.82, 2.24) is 10.4 Å². The van der Waals surface area contributed by atoms with Gasteiger partial charge in [0.05, 0.1) is 26.9 Å². The molecule has 3 N–H and O–H groups in total. The van der Waals surface area contributed by atoms with Gasteiger partial charge in [0.2, 0.25) is 0 Å². The maximum absolute atomic E-state index is 5.91. The first-order valence-corrected chi connectivity index (χ1v) is 8.45. The van der Waals surface area contributed by atoms with Gasteiger partial charge in [-0.15, -0.1) is 11.3 Å². The van der Waals surface area contributed by atoms with E-state index in [9.17, 15) is 0 Å². The van der Waals surface area contributed by atoms with Crippen LogP contribution in [0, 0.1) is 0 Å². The number of hydrazine groups is 1. The molecule has 0 bridgehead atoms. The third-order valence-corrected chi connectivity index (χ3v) is 5.72. The van der Waals surface area contributed by atoms with E-state index in [0.29, 0.717) is 0 Å². The molecular formula is C16H23N3OS. The monoisotopic (exact) mass is 305 g/mol. The minimum absolute atomic E-state index is 0.114. The molecule has 0 aliphatic heterocycles. The van der Waals surface area contributed by atoms with Gasteiger partial charge in [-0.05, 0) is 25.0 Å². The molecule has 1 aliphatic rings. The van der Waals surface area contributed by atoms with Crippen molar-refractivity contribution in [2.24, 2.45) is 5.84 Å². The zero-order valence-corrected chi connectivity index (χ0v) is 13.3. The summed E-state index contributed by atoms with van der Waals surface area (Å²) < 4.78 is 7.15. The van der Waals surface area contributed by atoms with Gasteiger partial charge < -0.3 is 4.74 Å². The predicted molar refractivity (Wildman–Crippen MR) is 87.3 cm³/mol. The minimum Gasteiger partial charge on any atom is -0.377 e. The Labute approximate surface area is 129 Å². The molecule has 1 aromatic carbocycles.